The number of carboxylic acid groups (broad SMARTS) is 1. The van der Waals surface area contributed by atoms with Crippen LogP contribution in [0.3, 0.4) is 0 Å². The summed E-state index contributed by atoms with van der Waals surface area (Å²) in [5.74, 6) is -1.28. The van der Waals surface area contributed by atoms with Gasteiger partial charge < -0.3 is 15.2 Å². The van der Waals surface area contributed by atoms with Gasteiger partial charge >= 0.3 is 5.97 Å². The van der Waals surface area contributed by atoms with E-state index in [1.54, 1.807) is 12.1 Å². The number of aliphatic carboxylic acids is 1. The highest BCUT2D eigenvalue weighted by Crippen LogP contribution is 2.15. The average molecular weight is 290 g/mol. The first kappa shape index (κ1) is 15.2. The number of carbonyl (C=O) groups is 2. The van der Waals surface area contributed by atoms with Crippen LogP contribution in [0.2, 0.25) is 0 Å². The van der Waals surface area contributed by atoms with Gasteiger partial charge in [0.05, 0.1) is 12.1 Å². The molecule has 0 radical (unpaired) electrons. The first-order valence-electron chi connectivity index (χ1n) is 6.86. The SMILES string of the molecule is CC(NC(=O)c1ccc(C=CC(=O)O)cn1)C1CCCO1. The van der Waals surface area contributed by atoms with Gasteiger partial charge in [0.15, 0.2) is 0 Å². The molecule has 0 aliphatic carbocycles. The Labute approximate surface area is 122 Å². The van der Waals surface area contributed by atoms with Crippen LogP contribution in [-0.4, -0.2) is 40.7 Å². The number of aromatic nitrogens is 1. The minimum absolute atomic E-state index is 0.0617. The maximum Gasteiger partial charge on any atom is 0.328 e. The van der Waals surface area contributed by atoms with Crippen molar-refractivity contribution in [2.75, 3.05) is 6.61 Å². The molecule has 0 saturated carbocycles. The van der Waals surface area contributed by atoms with Gasteiger partial charge in [-0.2, -0.15) is 0 Å². The van der Waals surface area contributed by atoms with Crippen molar-refractivity contribution >= 4 is 18.0 Å². The van der Waals surface area contributed by atoms with Crippen molar-refractivity contribution in [1.82, 2.24) is 10.3 Å². The number of rotatable bonds is 5. The molecule has 0 aromatic carbocycles. The van der Waals surface area contributed by atoms with Gasteiger partial charge in [0.25, 0.3) is 5.91 Å². The predicted octanol–water partition coefficient (Wildman–Crippen LogP) is 1.48. The zero-order valence-corrected chi connectivity index (χ0v) is 11.8. The van der Waals surface area contributed by atoms with E-state index in [0.29, 0.717) is 11.3 Å². The smallest absolute Gasteiger partial charge is 0.328 e. The van der Waals surface area contributed by atoms with E-state index in [9.17, 15) is 9.59 Å². The fraction of sp³-hybridized carbons (Fsp3) is 0.400. The Bertz CT molecular complexity index is 533. The first-order chi connectivity index (χ1) is 10.1. The molecule has 0 bridgehead atoms. The molecule has 2 atom stereocenters. The molecule has 2 rings (SSSR count). The standard InChI is InChI=1S/C15H18N2O4/c1-10(13-3-2-8-21-13)17-15(20)12-6-4-11(9-16-12)5-7-14(18)19/h4-7,9-10,13H,2-3,8H2,1H3,(H,17,20)(H,18,19). The van der Waals surface area contributed by atoms with Crippen LogP contribution < -0.4 is 5.32 Å². The van der Waals surface area contributed by atoms with Gasteiger partial charge in [-0.3, -0.25) is 9.78 Å². The molecule has 1 aliphatic rings. The van der Waals surface area contributed by atoms with Crippen molar-refractivity contribution in [3.63, 3.8) is 0 Å². The highest BCUT2D eigenvalue weighted by atomic mass is 16.5. The quantitative estimate of drug-likeness (QED) is 0.802. The molecular weight excluding hydrogens is 272 g/mol. The largest absolute Gasteiger partial charge is 0.478 e. The van der Waals surface area contributed by atoms with Gasteiger partial charge in [0.1, 0.15) is 5.69 Å². The lowest BCUT2D eigenvalue weighted by atomic mass is 10.1. The summed E-state index contributed by atoms with van der Waals surface area (Å²) in [5.41, 5.74) is 0.924. The molecule has 21 heavy (non-hydrogen) atoms. The fourth-order valence-electron chi connectivity index (χ4n) is 2.18. The second kappa shape index (κ2) is 6.99. The van der Waals surface area contributed by atoms with Crippen LogP contribution in [0.5, 0.6) is 0 Å². The van der Waals surface area contributed by atoms with Gasteiger partial charge in [-0.15, -0.1) is 0 Å². The van der Waals surface area contributed by atoms with E-state index in [-0.39, 0.29) is 18.1 Å². The number of nitrogens with one attached hydrogen (secondary N) is 1. The van der Waals surface area contributed by atoms with Crippen LogP contribution in [0.1, 0.15) is 35.8 Å². The molecule has 1 aromatic heterocycles. The van der Waals surface area contributed by atoms with Crippen LogP contribution in [0.15, 0.2) is 24.4 Å². The van der Waals surface area contributed by atoms with E-state index in [1.165, 1.54) is 12.3 Å². The number of hydrogen-bond donors (Lipinski definition) is 2. The van der Waals surface area contributed by atoms with Crippen LogP contribution in [0.25, 0.3) is 6.08 Å². The third kappa shape index (κ3) is 4.39. The summed E-state index contributed by atoms with van der Waals surface area (Å²) in [6.07, 6.45) is 5.95. The number of pyridine rings is 1. The van der Waals surface area contributed by atoms with E-state index >= 15 is 0 Å². The van der Waals surface area contributed by atoms with Gasteiger partial charge in [-0.1, -0.05) is 6.07 Å². The summed E-state index contributed by atoms with van der Waals surface area (Å²) in [7, 11) is 0. The number of carbonyl (C=O) groups excluding carboxylic acids is 1. The van der Waals surface area contributed by atoms with E-state index in [0.717, 1.165) is 25.5 Å². The molecule has 112 valence electrons. The van der Waals surface area contributed by atoms with Gasteiger partial charge in [-0.05, 0) is 37.5 Å². The summed E-state index contributed by atoms with van der Waals surface area (Å²) >= 11 is 0. The molecule has 1 fully saturated rings. The molecule has 2 unspecified atom stereocenters. The van der Waals surface area contributed by atoms with E-state index in [4.69, 9.17) is 9.84 Å². The Hall–Kier alpha value is -2.21. The maximum absolute atomic E-state index is 12.0. The fourth-order valence-corrected chi connectivity index (χ4v) is 2.18. The summed E-state index contributed by atoms with van der Waals surface area (Å²) in [6, 6.07) is 3.16. The summed E-state index contributed by atoms with van der Waals surface area (Å²) in [5, 5.41) is 11.4. The van der Waals surface area contributed by atoms with Crippen molar-refractivity contribution in [2.24, 2.45) is 0 Å². The normalized spacial score (nSPS) is 19.6. The molecule has 6 nitrogen and oxygen atoms in total. The lowest BCUT2D eigenvalue weighted by Gasteiger charge is -2.19. The van der Waals surface area contributed by atoms with Crippen molar-refractivity contribution in [1.29, 1.82) is 0 Å². The van der Waals surface area contributed by atoms with E-state index in [2.05, 4.69) is 10.3 Å². The molecule has 2 N–H and O–H groups in total. The van der Waals surface area contributed by atoms with Crippen LogP contribution >= 0.6 is 0 Å². The number of carboxylic acids is 1. The zero-order valence-electron chi connectivity index (χ0n) is 11.8. The average Bonchev–Trinajstić information content (AvgIpc) is 3.00. The summed E-state index contributed by atoms with van der Waals surface area (Å²) < 4.78 is 5.53. The molecule has 6 heteroatoms. The molecule has 1 aliphatic heterocycles. The van der Waals surface area contributed by atoms with Crippen LogP contribution in [-0.2, 0) is 9.53 Å². The minimum Gasteiger partial charge on any atom is -0.478 e. The second-order valence-electron chi connectivity index (χ2n) is 4.96. The topological polar surface area (TPSA) is 88.5 Å². The summed E-state index contributed by atoms with van der Waals surface area (Å²) in [4.78, 5) is 26.5. The zero-order chi connectivity index (χ0) is 15.2. The van der Waals surface area contributed by atoms with Gasteiger partial charge in [0.2, 0.25) is 0 Å². The predicted molar refractivity (Wildman–Crippen MR) is 76.8 cm³/mol. The Morgan fingerprint density at radius 1 is 1.52 bits per heavy atom. The third-order valence-electron chi connectivity index (χ3n) is 3.32. The number of nitrogens with zero attached hydrogens (tertiary/aromatic N) is 1. The molecule has 1 amide bonds. The maximum atomic E-state index is 12.0. The molecule has 0 spiro atoms. The van der Waals surface area contributed by atoms with Crippen molar-refractivity contribution in [3.05, 3.63) is 35.7 Å². The summed E-state index contributed by atoms with van der Waals surface area (Å²) in [6.45, 7) is 2.66. The van der Waals surface area contributed by atoms with Gasteiger partial charge in [0, 0.05) is 18.9 Å². The lowest BCUT2D eigenvalue weighted by molar-refractivity contribution is -0.131. The van der Waals surface area contributed by atoms with Crippen molar-refractivity contribution in [3.8, 4) is 0 Å². The number of hydrogen-bond acceptors (Lipinski definition) is 4. The first-order valence-corrected chi connectivity index (χ1v) is 6.86. The molecule has 1 aromatic rings. The lowest BCUT2D eigenvalue weighted by Crippen LogP contribution is -2.41. The van der Waals surface area contributed by atoms with Gasteiger partial charge in [-0.25, -0.2) is 4.79 Å². The van der Waals surface area contributed by atoms with E-state index in [1.807, 2.05) is 6.92 Å². The van der Waals surface area contributed by atoms with Crippen LogP contribution in [0, 0.1) is 0 Å². The Morgan fingerprint density at radius 2 is 2.33 bits per heavy atom. The minimum atomic E-state index is -1.03. The third-order valence-corrected chi connectivity index (χ3v) is 3.32. The highest BCUT2D eigenvalue weighted by Gasteiger charge is 2.24. The van der Waals surface area contributed by atoms with Crippen molar-refractivity contribution < 1.29 is 19.4 Å². The Balaban J connectivity index is 1.94. The molecular formula is C15H18N2O4. The monoisotopic (exact) mass is 290 g/mol. The second-order valence-corrected chi connectivity index (χ2v) is 4.96. The Kier molecular flexibility index (Phi) is 5.05. The van der Waals surface area contributed by atoms with Crippen molar-refractivity contribution in [2.45, 2.75) is 31.9 Å². The molecule has 1 saturated heterocycles. The number of amides is 1. The number of ether oxygens (including phenoxy) is 1. The Morgan fingerprint density at radius 3 is 2.90 bits per heavy atom. The highest BCUT2D eigenvalue weighted by molar-refractivity contribution is 5.92. The van der Waals surface area contributed by atoms with E-state index < -0.39 is 5.97 Å². The molecule has 2 heterocycles. The van der Waals surface area contributed by atoms with Crippen LogP contribution in [0.4, 0.5) is 0 Å².